The van der Waals surface area contributed by atoms with Gasteiger partial charge in [0, 0.05) is 17.3 Å². The summed E-state index contributed by atoms with van der Waals surface area (Å²) >= 11 is 0. The van der Waals surface area contributed by atoms with Crippen LogP contribution in [-0.2, 0) is 10.0 Å². The molecule has 0 heterocycles. The van der Waals surface area contributed by atoms with Crippen LogP contribution < -0.4 is 10.0 Å². The molecule has 0 saturated heterocycles. The summed E-state index contributed by atoms with van der Waals surface area (Å²) in [6, 6.07) is 5.28. The average molecular weight is 364 g/mol. The van der Waals surface area contributed by atoms with Gasteiger partial charge in [-0.1, -0.05) is 12.5 Å². The number of amides is 1. The second-order valence-corrected chi connectivity index (χ2v) is 7.78. The Kier molecular flexibility index (Phi) is 5.42. The number of nitrogens with one attached hydrogen (secondary N) is 2. The molecule has 1 amide bonds. The topological polar surface area (TPSA) is 75.3 Å². The largest absolute Gasteiger partial charge is 0.391 e. The second-order valence-electron chi connectivity index (χ2n) is 6.03. The number of carbonyl (C=O) groups excluding carboxylic acids is 1. The lowest BCUT2D eigenvalue weighted by Crippen LogP contribution is -2.41. The van der Waals surface area contributed by atoms with E-state index in [4.69, 9.17) is 0 Å². The number of benzene rings is 1. The van der Waals surface area contributed by atoms with Gasteiger partial charge in [-0.2, -0.15) is 13.2 Å². The lowest BCUT2D eigenvalue weighted by Gasteiger charge is -2.31. The third-order valence-electron chi connectivity index (χ3n) is 3.90. The van der Waals surface area contributed by atoms with Crippen LogP contribution in [0.4, 0.5) is 18.9 Å². The lowest BCUT2D eigenvalue weighted by atomic mass is 9.85. The molecule has 0 aliphatic heterocycles. The van der Waals surface area contributed by atoms with Crippen LogP contribution in [0.3, 0.4) is 0 Å². The molecule has 0 aromatic heterocycles. The van der Waals surface area contributed by atoms with Crippen molar-refractivity contribution >= 4 is 21.6 Å². The van der Waals surface area contributed by atoms with Crippen LogP contribution in [0.15, 0.2) is 24.3 Å². The third-order valence-corrected chi connectivity index (χ3v) is 4.51. The van der Waals surface area contributed by atoms with Crippen molar-refractivity contribution in [3.8, 4) is 0 Å². The second kappa shape index (κ2) is 7.00. The summed E-state index contributed by atoms with van der Waals surface area (Å²) in [5, 5.41) is 2.61. The van der Waals surface area contributed by atoms with Crippen LogP contribution in [-0.4, -0.2) is 32.8 Å². The van der Waals surface area contributed by atoms with Crippen LogP contribution in [0.1, 0.15) is 36.0 Å². The molecule has 0 spiro atoms. The maximum Gasteiger partial charge on any atom is 0.391 e. The summed E-state index contributed by atoms with van der Waals surface area (Å²) in [5.74, 6) is -1.91. The third kappa shape index (κ3) is 5.40. The molecule has 2 rings (SSSR count). The summed E-state index contributed by atoms with van der Waals surface area (Å²) in [7, 11) is -3.48. The van der Waals surface area contributed by atoms with E-state index in [0.717, 1.165) is 6.26 Å². The highest BCUT2D eigenvalue weighted by molar-refractivity contribution is 7.92. The molecule has 1 aliphatic carbocycles. The van der Waals surface area contributed by atoms with Crippen molar-refractivity contribution in [1.82, 2.24) is 5.32 Å². The molecule has 1 fully saturated rings. The van der Waals surface area contributed by atoms with Crippen LogP contribution in [0.5, 0.6) is 0 Å². The number of alkyl halides is 3. The van der Waals surface area contributed by atoms with Gasteiger partial charge in [-0.05, 0) is 37.5 Å². The van der Waals surface area contributed by atoms with Gasteiger partial charge in [0.25, 0.3) is 5.91 Å². The quantitative estimate of drug-likeness (QED) is 0.863. The van der Waals surface area contributed by atoms with Gasteiger partial charge in [-0.25, -0.2) is 8.42 Å². The molecule has 1 aromatic carbocycles. The fourth-order valence-electron chi connectivity index (χ4n) is 2.82. The number of halogens is 3. The minimum Gasteiger partial charge on any atom is -0.349 e. The zero-order chi connectivity index (χ0) is 18.0. The van der Waals surface area contributed by atoms with Gasteiger partial charge in [0.15, 0.2) is 0 Å². The van der Waals surface area contributed by atoms with Gasteiger partial charge >= 0.3 is 6.18 Å². The van der Waals surface area contributed by atoms with Gasteiger partial charge < -0.3 is 5.32 Å². The summed E-state index contributed by atoms with van der Waals surface area (Å²) in [5.41, 5.74) is 0.416. The standard InChI is InChI=1S/C15H19F3N2O3S/c1-24(22,23)20-13-7-2-4-10(8-13)14(21)19-12-6-3-5-11(9-12)15(16,17)18/h2,4,7-8,11-12,20H,3,5-6,9H2,1H3,(H,19,21)/t11-,12+/m1/s1. The Bertz CT molecular complexity index is 704. The minimum atomic E-state index is -4.25. The highest BCUT2D eigenvalue weighted by Crippen LogP contribution is 2.37. The van der Waals surface area contributed by atoms with Crippen molar-refractivity contribution < 1.29 is 26.4 Å². The first-order chi connectivity index (χ1) is 11.0. The Morgan fingerprint density at radius 2 is 1.96 bits per heavy atom. The van der Waals surface area contributed by atoms with Crippen molar-refractivity contribution in [3.63, 3.8) is 0 Å². The molecule has 0 radical (unpaired) electrons. The van der Waals surface area contributed by atoms with E-state index in [1.54, 1.807) is 0 Å². The summed E-state index contributed by atoms with van der Waals surface area (Å²) < 4.78 is 63.1. The summed E-state index contributed by atoms with van der Waals surface area (Å²) in [4.78, 5) is 12.2. The monoisotopic (exact) mass is 364 g/mol. The minimum absolute atomic E-state index is 0.0869. The molecular weight excluding hydrogens is 345 g/mol. The van der Waals surface area contributed by atoms with E-state index in [2.05, 4.69) is 10.0 Å². The van der Waals surface area contributed by atoms with E-state index in [0.29, 0.717) is 12.8 Å². The number of hydrogen-bond acceptors (Lipinski definition) is 3. The SMILES string of the molecule is CS(=O)(=O)Nc1cccc(C(=O)N[C@H]2CCC[C@@H](C(F)(F)F)C2)c1. The first kappa shape index (κ1) is 18.6. The van der Waals surface area contributed by atoms with Crippen molar-refractivity contribution in [2.45, 2.75) is 37.9 Å². The smallest absolute Gasteiger partial charge is 0.349 e. The van der Waals surface area contributed by atoms with Crippen molar-refractivity contribution in [1.29, 1.82) is 0 Å². The maximum absolute atomic E-state index is 12.8. The number of rotatable bonds is 4. The lowest BCUT2D eigenvalue weighted by molar-refractivity contribution is -0.183. The first-order valence-electron chi connectivity index (χ1n) is 7.50. The van der Waals surface area contributed by atoms with Crippen LogP contribution >= 0.6 is 0 Å². The van der Waals surface area contributed by atoms with E-state index in [1.165, 1.54) is 24.3 Å². The Hall–Kier alpha value is -1.77. The summed E-state index contributed by atoms with van der Waals surface area (Å²) in [6.45, 7) is 0. The maximum atomic E-state index is 12.8. The number of anilines is 1. The molecule has 1 aromatic rings. The van der Waals surface area contributed by atoms with Crippen molar-refractivity contribution in [2.24, 2.45) is 5.92 Å². The van der Waals surface area contributed by atoms with Crippen molar-refractivity contribution in [3.05, 3.63) is 29.8 Å². The van der Waals surface area contributed by atoms with Gasteiger partial charge in [0.1, 0.15) is 0 Å². The van der Waals surface area contributed by atoms with Crippen LogP contribution in [0, 0.1) is 5.92 Å². The molecule has 134 valence electrons. The average Bonchev–Trinajstić information content (AvgIpc) is 2.45. The zero-order valence-electron chi connectivity index (χ0n) is 13.1. The molecule has 0 bridgehead atoms. The molecule has 2 atom stereocenters. The van der Waals surface area contributed by atoms with Gasteiger partial charge in [0.2, 0.25) is 10.0 Å². The molecule has 5 nitrogen and oxygen atoms in total. The Morgan fingerprint density at radius 1 is 1.25 bits per heavy atom. The van der Waals surface area contributed by atoms with E-state index in [1.807, 2.05) is 0 Å². The molecule has 24 heavy (non-hydrogen) atoms. The predicted molar refractivity (Wildman–Crippen MR) is 84.2 cm³/mol. The van der Waals surface area contributed by atoms with Crippen LogP contribution in [0.2, 0.25) is 0 Å². The molecular formula is C15H19F3N2O3S. The van der Waals surface area contributed by atoms with Gasteiger partial charge in [-0.3, -0.25) is 9.52 Å². The fraction of sp³-hybridized carbons (Fsp3) is 0.533. The highest BCUT2D eigenvalue weighted by Gasteiger charge is 2.42. The van der Waals surface area contributed by atoms with Crippen LogP contribution in [0.25, 0.3) is 0 Å². The Morgan fingerprint density at radius 3 is 2.58 bits per heavy atom. The summed E-state index contributed by atoms with van der Waals surface area (Å²) in [6.07, 6.45) is -2.40. The number of hydrogen-bond donors (Lipinski definition) is 2. The molecule has 9 heteroatoms. The van der Waals surface area contributed by atoms with E-state index < -0.39 is 34.1 Å². The van der Waals surface area contributed by atoms with Gasteiger partial charge in [0.05, 0.1) is 12.2 Å². The molecule has 0 unspecified atom stereocenters. The number of carbonyl (C=O) groups is 1. The van der Waals surface area contributed by atoms with E-state index in [9.17, 15) is 26.4 Å². The molecule has 1 saturated carbocycles. The highest BCUT2D eigenvalue weighted by atomic mass is 32.2. The van der Waals surface area contributed by atoms with Gasteiger partial charge in [-0.15, -0.1) is 0 Å². The van der Waals surface area contributed by atoms with Crippen molar-refractivity contribution in [2.75, 3.05) is 11.0 Å². The van der Waals surface area contributed by atoms with E-state index >= 15 is 0 Å². The molecule has 1 aliphatic rings. The normalized spacial score (nSPS) is 22.0. The first-order valence-corrected chi connectivity index (χ1v) is 9.39. The zero-order valence-corrected chi connectivity index (χ0v) is 13.9. The fourth-order valence-corrected chi connectivity index (χ4v) is 3.38. The Labute approximate surface area is 138 Å². The Balaban J connectivity index is 2.03. The predicted octanol–water partition coefficient (Wildman–Crippen LogP) is 2.91. The molecule has 2 N–H and O–H groups in total. The number of sulfonamides is 1. The van der Waals surface area contributed by atoms with E-state index in [-0.39, 0.29) is 24.1 Å².